The van der Waals surface area contributed by atoms with Crippen molar-refractivity contribution in [1.82, 2.24) is 0 Å². The lowest BCUT2D eigenvalue weighted by Crippen LogP contribution is -2.40. The summed E-state index contributed by atoms with van der Waals surface area (Å²) in [4.78, 5) is 0. The molecule has 1 fully saturated rings. The second-order valence-corrected chi connectivity index (χ2v) is 5.57. The van der Waals surface area contributed by atoms with E-state index in [1.54, 1.807) is 0 Å². The third-order valence-corrected chi connectivity index (χ3v) is 4.03. The van der Waals surface area contributed by atoms with Crippen LogP contribution in [0.3, 0.4) is 0 Å². The average Bonchev–Trinajstić information content (AvgIpc) is 2.39. The largest absolute Gasteiger partial charge is 0.489 e. The van der Waals surface area contributed by atoms with E-state index >= 15 is 0 Å². The minimum atomic E-state index is 0.417. The Morgan fingerprint density at radius 2 is 2.06 bits per heavy atom. The topological polar surface area (TPSA) is 30.5 Å². The number of halogens is 1. The summed E-state index contributed by atoms with van der Waals surface area (Å²) in [7, 11) is 0. The molecule has 0 aromatic heterocycles. The molecule has 0 saturated carbocycles. The molecule has 2 aliphatic rings. The van der Waals surface area contributed by atoms with E-state index in [4.69, 9.17) is 9.47 Å². The molecule has 2 heterocycles. The molecule has 1 aromatic carbocycles. The predicted molar refractivity (Wildman–Crippen MR) is 70.6 cm³/mol. The van der Waals surface area contributed by atoms with Crippen molar-refractivity contribution in [3.63, 3.8) is 0 Å². The molecule has 1 atom stereocenters. The Hall–Kier alpha value is -0.740. The molecule has 92 valence electrons. The molecule has 0 amide bonds. The van der Waals surface area contributed by atoms with Gasteiger partial charge in [0.25, 0.3) is 0 Å². The second-order valence-electron chi connectivity index (χ2n) is 4.65. The Balaban J connectivity index is 1.75. The van der Waals surface area contributed by atoms with Gasteiger partial charge in [0.2, 0.25) is 0 Å². The number of rotatable bonds is 1. The van der Waals surface area contributed by atoms with E-state index in [1.165, 1.54) is 0 Å². The van der Waals surface area contributed by atoms with Crippen molar-refractivity contribution < 1.29 is 9.47 Å². The van der Waals surface area contributed by atoms with Crippen LogP contribution in [0, 0.1) is 5.92 Å². The van der Waals surface area contributed by atoms with Crippen LogP contribution in [0.4, 0.5) is 5.69 Å². The number of nitrogens with one attached hydrogen (secondary N) is 1. The number of fused-ring (bicyclic) bond motifs is 1. The minimum absolute atomic E-state index is 0.417. The van der Waals surface area contributed by atoms with E-state index in [1.807, 2.05) is 12.1 Å². The van der Waals surface area contributed by atoms with E-state index in [0.717, 1.165) is 48.6 Å². The first-order chi connectivity index (χ1) is 8.33. The summed E-state index contributed by atoms with van der Waals surface area (Å²) in [6.07, 6.45) is 2.26. The van der Waals surface area contributed by atoms with E-state index < -0.39 is 0 Å². The van der Waals surface area contributed by atoms with Gasteiger partial charge in [0, 0.05) is 17.7 Å². The van der Waals surface area contributed by atoms with Gasteiger partial charge >= 0.3 is 0 Å². The summed E-state index contributed by atoms with van der Waals surface area (Å²) in [6, 6.07) is 6.52. The summed E-state index contributed by atoms with van der Waals surface area (Å²) in [5, 5.41) is 3.60. The summed E-state index contributed by atoms with van der Waals surface area (Å²) in [5.74, 6) is 1.62. The highest BCUT2D eigenvalue weighted by atomic mass is 79.9. The molecule has 0 aliphatic carbocycles. The van der Waals surface area contributed by atoms with Crippen LogP contribution < -0.4 is 10.1 Å². The van der Waals surface area contributed by atoms with Crippen LogP contribution in [-0.2, 0) is 4.74 Å². The molecule has 1 N–H and O–H groups in total. The fourth-order valence-electron chi connectivity index (χ4n) is 2.53. The lowest BCUT2D eigenvalue weighted by molar-refractivity contribution is 0.0536. The maximum Gasteiger partial charge on any atom is 0.142 e. The molecule has 0 spiro atoms. The zero-order chi connectivity index (χ0) is 11.7. The van der Waals surface area contributed by atoms with Gasteiger partial charge in [-0.2, -0.15) is 0 Å². The molecule has 1 unspecified atom stereocenters. The fraction of sp³-hybridized carbons (Fsp3) is 0.538. The third-order valence-electron chi connectivity index (χ3n) is 3.54. The number of hydrogen-bond acceptors (Lipinski definition) is 3. The fourth-order valence-corrected chi connectivity index (χ4v) is 2.90. The molecular weight excluding hydrogens is 282 g/mol. The van der Waals surface area contributed by atoms with E-state index in [2.05, 4.69) is 27.3 Å². The van der Waals surface area contributed by atoms with E-state index in [9.17, 15) is 0 Å². The Morgan fingerprint density at radius 3 is 2.88 bits per heavy atom. The Kier molecular flexibility index (Phi) is 3.25. The first-order valence-electron chi connectivity index (χ1n) is 6.09. The minimum Gasteiger partial charge on any atom is -0.489 e. The smallest absolute Gasteiger partial charge is 0.142 e. The zero-order valence-electron chi connectivity index (χ0n) is 9.62. The molecule has 2 aliphatic heterocycles. The maximum absolute atomic E-state index is 5.82. The van der Waals surface area contributed by atoms with Crippen molar-refractivity contribution in [3.05, 3.63) is 22.7 Å². The van der Waals surface area contributed by atoms with Crippen LogP contribution in [0.2, 0.25) is 0 Å². The number of benzene rings is 1. The summed E-state index contributed by atoms with van der Waals surface area (Å²) < 4.78 is 12.3. The summed E-state index contributed by atoms with van der Waals surface area (Å²) in [6.45, 7) is 2.53. The average molecular weight is 298 g/mol. The zero-order valence-corrected chi connectivity index (χ0v) is 11.2. The Bertz CT molecular complexity index is 404. The van der Waals surface area contributed by atoms with Crippen molar-refractivity contribution >= 4 is 21.6 Å². The predicted octanol–water partition coefficient (Wildman–Crippen LogP) is 3.05. The highest BCUT2D eigenvalue weighted by molar-refractivity contribution is 9.10. The molecule has 0 radical (unpaired) electrons. The van der Waals surface area contributed by atoms with Crippen LogP contribution in [0.5, 0.6) is 5.75 Å². The maximum atomic E-state index is 5.82. The SMILES string of the molecule is Brc1ccc2c(c1)NC(C1CCOCC1)CO2. The monoisotopic (exact) mass is 297 g/mol. The number of hydrogen-bond donors (Lipinski definition) is 1. The Morgan fingerprint density at radius 1 is 1.24 bits per heavy atom. The van der Waals surface area contributed by atoms with Gasteiger partial charge in [-0.15, -0.1) is 0 Å². The van der Waals surface area contributed by atoms with Gasteiger partial charge in [-0.05, 0) is 37.0 Å². The standard InChI is InChI=1S/C13H16BrNO2/c14-10-1-2-13-11(7-10)15-12(8-17-13)9-3-5-16-6-4-9/h1-2,7,9,12,15H,3-6,8H2. The number of ether oxygens (including phenoxy) is 2. The van der Waals surface area contributed by atoms with Crippen LogP contribution in [0.15, 0.2) is 22.7 Å². The quantitative estimate of drug-likeness (QED) is 0.864. The van der Waals surface area contributed by atoms with Crippen LogP contribution >= 0.6 is 15.9 Å². The molecule has 3 rings (SSSR count). The third kappa shape index (κ3) is 2.43. The van der Waals surface area contributed by atoms with Gasteiger partial charge in [-0.3, -0.25) is 0 Å². The van der Waals surface area contributed by atoms with Crippen molar-refractivity contribution in [2.75, 3.05) is 25.1 Å². The van der Waals surface area contributed by atoms with Crippen LogP contribution in [-0.4, -0.2) is 25.9 Å². The highest BCUT2D eigenvalue weighted by Crippen LogP contribution is 2.34. The van der Waals surface area contributed by atoms with Gasteiger partial charge in [0.15, 0.2) is 0 Å². The number of anilines is 1. The van der Waals surface area contributed by atoms with Gasteiger partial charge < -0.3 is 14.8 Å². The lowest BCUT2D eigenvalue weighted by Gasteiger charge is -2.35. The van der Waals surface area contributed by atoms with Gasteiger partial charge in [-0.1, -0.05) is 15.9 Å². The summed E-state index contributed by atoms with van der Waals surface area (Å²) in [5.41, 5.74) is 1.10. The van der Waals surface area contributed by atoms with Crippen molar-refractivity contribution in [3.8, 4) is 5.75 Å². The summed E-state index contributed by atoms with van der Waals surface area (Å²) >= 11 is 3.49. The Labute approximate surface area is 110 Å². The van der Waals surface area contributed by atoms with Crippen LogP contribution in [0.25, 0.3) is 0 Å². The molecule has 4 heteroatoms. The van der Waals surface area contributed by atoms with Gasteiger partial charge in [0.05, 0.1) is 11.7 Å². The molecule has 1 saturated heterocycles. The molecule has 1 aromatic rings. The van der Waals surface area contributed by atoms with Gasteiger partial charge in [-0.25, -0.2) is 0 Å². The van der Waals surface area contributed by atoms with E-state index in [-0.39, 0.29) is 0 Å². The van der Waals surface area contributed by atoms with Gasteiger partial charge in [0.1, 0.15) is 12.4 Å². The molecule has 17 heavy (non-hydrogen) atoms. The van der Waals surface area contributed by atoms with Crippen molar-refractivity contribution in [2.24, 2.45) is 5.92 Å². The lowest BCUT2D eigenvalue weighted by atomic mass is 9.91. The van der Waals surface area contributed by atoms with Crippen LogP contribution in [0.1, 0.15) is 12.8 Å². The molecule has 3 nitrogen and oxygen atoms in total. The molecule has 0 bridgehead atoms. The molecular formula is C13H16BrNO2. The first kappa shape index (κ1) is 11.4. The highest BCUT2D eigenvalue weighted by Gasteiger charge is 2.28. The van der Waals surface area contributed by atoms with Crippen molar-refractivity contribution in [2.45, 2.75) is 18.9 Å². The second kappa shape index (κ2) is 4.86. The van der Waals surface area contributed by atoms with E-state index in [0.29, 0.717) is 12.0 Å². The first-order valence-corrected chi connectivity index (χ1v) is 6.89. The normalized spacial score (nSPS) is 24.6. The van der Waals surface area contributed by atoms with Crippen molar-refractivity contribution in [1.29, 1.82) is 0 Å².